The van der Waals surface area contributed by atoms with Gasteiger partial charge in [-0.25, -0.2) is 4.98 Å². The summed E-state index contributed by atoms with van der Waals surface area (Å²) < 4.78 is 9.44. The highest BCUT2D eigenvalue weighted by Gasteiger charge is 2.19. The number of aryl methyl sites for hydroxylation is 1. The molecular formula is C37H27N5OS. The van der Waals surface area contributed by atoms with Crippen LogP contribution in [0.5, 0.6) is 0 Å². The van der Waals surface area contributed by atoms with Gasteiger partial charge in [0, 0.05) is 28.0 Å². The molecule has 5 aromatic carbocycles. The lowest BCUT2D eigenvalue weighted by Crippen LogP contribution is -2.09. The number of hydrogen-bond donors (Lipinski definition) is 1. The van der Waals surface area contributed by atoms with Crippen molar-refractivity contribution in [2.45, 2.75) is 6.92 Å². The fourth-order valence-corrected chi connectivity index (χ4v) is 6.78. The maximum atomic E-state index is 6.29. The molecule has 0 bridgehead atoms. The average molecular weight is 590 g/mol. The van der Waals surface area contributed by atoms with Gasteiger partial charge in [0.25, 0.3) is 0 Å². The van der Waals surface area contributed by atoms with E-state index in [1.807, 2.05) is 41.0 Å². The highest BCUT2D eigenvalue weighted by Crippen LogP contribution is 2.39. The first-order valence-corrected chi connectivity index (χ1v) is 15.2. The normalized spacial score (nSPS) is 11.8. The van der Waals surface area contributed by atoms with Gasteiger partial charge < -0.3 is 15.1 Å². The molecule has 0 saturated carbocycles. The van der Waals surface area contributed by atoms with Gasteiger partial charge in [0.2, 0.25) is 0 Å². The third kappa shape index (κ3) is 4.33. The van der Waals surface area contributed by atoms with Crippen molar-refractivity contribution in [3.8, 4) is 16.6 Å². The van der Waals surface area contributed by atoms with Crippen LogP contribution in [0.15, 0.2) is 132 Å². The number of benzene rings is 5. The molecule has 6 nitrogen and oxygen atoms in total. The van der Waals surface area contributed by atoms with Crippen LogP contribution in [0, 0.1) is 6.92 Å². The Hall–Kier alpha value is -5.66. The Bertz CT molecular complexity index is 2280. The molecule has 0 aliphatic rings. The summed E-state index contributed by atoms with van der Waals surface area (Å²) in [6.45, 7) is 2.09. The van der Waals surface area contributed by atoms with E-state index in [2.05, 4.69) is 103 Å². The number of aromatic nitrogens is 3. The summed E-state index contributed by atoms with van der Waals surface area (Å²) in [7, 11) is 0. The minimum absolute atomic E-state index is 0.505. The Balaban J connectivity index is 1.19. The highest BCUT2D eigenvalue weighted by atomic mass is 32.1. The lowest BCUT2D eigenvalue weighted by Gasteiger charge is -2.25. The summed E-state index contributed by atoms with van der Waals surface area (Å²) >= 11 is 1.67. The molecule has 0 aliphatic carbocycles. The fourth-order valence-electron chi connectivity index (χ4n) is 5.84. The lowest BCUT2D eigenvalue weighted by molar-refractivity contribution is 0.568. The van der Waals surface area contributed by atoms with Gasteiger partial charge in [-0.1, -0.05) is 54.6 Å². The Morgan fingerprint density at radius 1 is 0.750 bits per heavy atom. The topological polar surface area (TPSA) is 73.1 Å². The number of nitrogens with zero attached hydrogens (tertiary/aromatic N) is 4. The number of oxazole rings is 1. The summed E-state index contributed by atoms with van der Waals surface area (Å²) in [5, 5.41) is 2.07. The summed E-state index contributed by atoms with van der Waals surface area (Å²) in [5.74, 6) is 0. The third-order valence-corrected chi connectivity index (χ3v) is 8.99. The second-order valence-electron chi connectivity index (χ2n) is 10.6. The van der Waals surface area contributed by atoms with Gasteiger partial charge in [-0.15, -0.1) is 11.3 Å². The molecule has 7 heteroatoms. The molecule has 8 rings (SSSR count). The zero-order chi connectivity index (χ0) is 29.6. The van der Waals surface area contributed by atoms with E-state index in [9.17, 15) is 0 Å². The Kier molecular flexibility index (Phi) is 6.24. The van der Waals surface area contributed by atoms with Crippen molar-refractivity contribution in [2.75, 3.05) is 4.90 Å². The summed E-state index contributed by atoms with van der Waals surface area (Å²) in [4.78, 5) is 12.3. The molecule has 3 heterocycles. The summed E-state index contributed by atoms with van der Waals surface area (Å²) in [5.41, 5.74) is 15.6. The third-order valence-electron chi connectivity index (χ3n) is 7.90. The number of anilines is 3. The van der Waals surface area contributed by atoms with Gasteiger partial charge in [-0.2, -0.15) is 4.98 Å². The first kappa shape index (κ1) is 26.0. The largest absolute Gasteiger partial charge is 0.423 e. The highest BCUT2D eigenvalue weighted by molar-refractivity contribution is 7.21. The number of thiazole rings is 1. The zero-order valence-electron chi connectivity index (χ0n) is 23.9. The second kappa shape index (κ2) is 10.6. The summed E-state index contributed by atoms with van der Waals surface area (Å²) in [6, 6.07) is 42.1. The van der Waals surface area contributed by atoms with E-state index in [0.29, 0.717) is 11.6 Å². The predicted octanol–water partition coefficient (Wildman–Crippen LogP) is 9.76. The number of hydrogen-bond acceptors (Lipinski definition) is 6. The standard InChI is InChI=1S/C37H27N5OS/c1-24-29-14-8-9-15-33(29)42(32(24)20-21-38)37-40-30-22-25(16-18-34(30)43-37)36-39-31-23-28(17-19-35(31)44-36)41(26-10-4-2-5-11-26)27-12-6-3-7-13-27/h2-23H,38H2,1H3/b21-20-. The molecule has 0 unspecified atom stereocenters. The molecule has 212 valence electrons. The second-order valence-corrected chi connectivity index (χ2v) is 11.6. The van der Waals surface area contributed by atoms with E-state index in [1.54, 1.807) is 17.5 Å². The van der Waals surface area contributed by atoms with Crippen LogP contribution in [0.4, 0.5) is 17.1 Å². The quantitative estimate of drug-likeness (QED) is 0.209. The molecule has 0 amide bonds. The first-order valence-electron chi connectivity index (χ1n) is 14.4. The van der Waals surface area contributed by atoms with Crippen molar-refractivity contribution < 1.29 is 4.42 Å². The van der Waals surface area contributed by atoms with Gasteiger partial charge in [0.15, 0.2) is 5.58 Å². The number of fused-ring (bicyclic) bond motifs is 3. The van der Waals surface area contributed by atoms with E-state index in [-0.39, 0.29) is 0 Å². The molecule has 0 spiro atoms. The van der Waals surface area contributed by atoms with Gasteiger partial charge in [-0.3, -0.25) is 4.57 Å². The minimum atomic E-state index is 0.505. The molecule has 3 aromatic heterocycles. The van der Waals surface area contributed by atoms with Crippen LogP contribution >= 0.6 is 11.3 Å². The monoisotopic (exact) mass is 589 g/mol. The van der Waals surface area contributed by atoms with Crippen molar-refractivity contribution >= 4 is 66.7 Å². The van der Waals surface area contributed by atoms with Crippen LogP contribution in [-0.2, 0) is 0 Å². The molecule has 0 aliphatic heterocycles. The SMILES string of the molecule is Cc1c(/C=C\N)n(-c2nc3cc(-c4nc5cc(N(c6ccccc6)c6ccccc6)ccc5s4)ccc3o2)c2ccccc12. The van der Waals surface area contributed by atoms with E-state index in [1.165, 1.54) is 0 Å². The zero-order valence-corrected chi connectivity index (χ0v) is 24.7. The van der Waals surface area contributed by atoms with E-state index >= 15 is 0 Å². The van der Waals surface area contributed by atoms with Gasteiger partial charge >= 0.3 is 6.01 Å². The van der Waals surface area contributed by atoms with Crippen molar-refractivity contribution in [3.05, 3.63) is 139 Å². The number of rotatable bonds is 6. The van der Waals surface area contributed by atoms with Crippen molar-refractivity contribution in [2.24, 2.45) is 5.73 Å². The Morgan fingerprint density at radius 3 is 2.23 bits per heavy atom. The number of nitrogens with two attached hydrogens (primary N) is 1. The Labute approximate surface area is 258 Å². The molecule has 8 aromatic rings. The Morgan fingerprint density at radius 2 is 1.48 bits per heavy atom. The fraction of sp³-hybridized carbons (Fsp3) is 0.0270. The average Bonchev–Trinajstić information content (AvgIpc) is 3.76. The van der Waals surface area contributed by atoms with Crippen LogP contribution in [0.3, 0.4) is 0 Å². The van der Waals surface area contributed by atoms with Crippen molar-refractivity contribution in [1.29, 1.82) is 0 Å². The molecular weight excluding hydrogens is 563 g/mol. The van der Waals surface area contributed by atoms with Crippen LogP contribution in [0.25, 0.3) is 54.9 Å². The number of para-hydroxylation sites is 3. The van der Waals surface area contributed by atoms with Gasteiger partial charge in [0.05, 0.1) is 21.4 Å². The molecule has 0 radical (unpaired) electrons. The van der Waals surface area contributed by atoms with Gasteiger partial charge in [-0.05, 0) is 91.5 Å². The molecule has 0 saturated heterocycles. The van der Waals surface area contributed by atoms with Crippen LogP contribution in [-0.4, -0.2) is 14.5 Å². The maximum absolute atomic E-state index is 6.29. The first-order chi connectivity index (χ1) is 21.7. The summed E-state index contributed by atoms with van der Waals surface area (Å²) in [6.07, 6.45) is 3.44. The lowest BCUT2D eigenvalue weighted by atomic mass is 10.1. The minimum Gasteiger partial charge on any atom is -0.423 e. The molecule has 44 heavy (non-hydrogen) atoms. The smallest absolute Gasteiger partial charge is 0.307 e. The van der Waals surface area contributed by atoms with Crippen molar-refractivity contribution in [3.63, 3.8) is 0 Å². The van der Waals surface area contributed by atoms with Crippen LogP contribution in [0.1, 0.15) is 11.3 Å². The van der Waals surface area contributed by atoms with E-state index in [4.69, 9.17) is 20.1 Å². The van der Waals surface area contributed by atoms with Gasteiger partial charge in [0.1, 0.15) is 10.5 Å². The molecule has 0 atom stereocenters. The molecule has 0 fully saturated rings. The van der Waals surface area contributed by atoms with Crippen LogP contribution in [0.2, 0.25) is 0 Å². The van der Waals surface area contributed by atoms with E-state index < -0.39 is 0 Å². The van der Waals surface area contributed by atoms with Crippen molar-refractivity contribution in [1.82, 2.24) is 14.5 Å². The van der Waals surface area contributed by atoms with Crippen LogP contribution < -0.4 is 10.6 Å². The van der Waals surface area contributed by atoms with E-state index in [0.717, 1.165) is 65.5 Å². The molecule has 2 N–H and O–H groups in total. The maximum Gasteiger partial charge on any atom is 0.307 e. The predicted molar refractivity (Wildman–Crippen MR) is 182 cm³/mol.